The Morgan fingerprint density at radius 2 is 0.558 bits per heavy atom. The zero-order chi connectivity index (χ0) is 37.0. The fraction of sp³-hybridized carbons (Fsp3) is 0.0870. The molecule has 0 bridgehead atoms. The molecule has 0 aromatic heterocycles. The van der Waals surface area contributed by atoms with Gasteiger partial charge in [-0.1, -0.05) is 97.1 Å². The largest absolute Gasteiger partial charge is 0.378 e. The van der Waals surface area contributed by atoms with Crippen molar-refractivity contribution < 1.29 is 0 Å². The Bertz CT molecular complexity index is 2190. The Kier molecular flexibility index (Phi) is 11.6. The predicted molar refractivity (Wildman–Crippen MR) is 215 cm³/mol. The summed E-state index contributed by atoms with van der Waals surface area (Å²) in [6.07, 6.45) is 15.1. The minimum Gasteiger partial charge on any atom is -0.378 e. The molecule has 0 aliphatic heterocycles. The number of anilines is 2. The van der Waals surface area contributed by atoms with Crippen molar-refractivity contribution in [1.29, 1.82) is 21.0 Å². The molecule has 0 aliphatic carbocycles. The molecular weight excluding hydrogens is 637 g/mol. The van der Waals surface area contributed by atoms with E-state index in [1.807, 2.05) is 159 Å². The molecule has 52 heavy (non-hydrogen) atoms. The molecule has 0 radical (unpaired) electrons. The van der Waals surface area contributed by atoms with Crippen molar-refractivity contribution in [3.05, 3.63) is 164 Å². The summed E-state index contributed by atoms with van der Waals surface area (Å²) in [5.41, 5.74) is 10.6. The van der Waals surface area contributed by atoms with E-state index >= 15 is 0 Å². The number of hydrogen-bond donors (Lipinski definition) is 0. The first kappa shape index (κ1) is 35.9. The summed E-state index contributed by atoms with van der Waals surface area (Å²) < 4.78 is 0. The van der Waals surface area contributed by atoms with Gasteiger partial charge in [-0.15, -0.1) is 0 Å². The Hall–Kier alpha value is -7.38. The first-order valence-corrected chi connectivity index (χ1v) is 16.5. The summed E-state index contributed by atoms with van der Waals surface area (Å²) in [5, 5.41) is 39.5. The molecule has 0 atom stereocenters. The minimum atomic E-state index is 0.475. The lowest BCUT2D eigenvalue weighted by molar-refractivity contribution is 1.13. The molecule has 0 saturated carbocycles. The molecule has 250 valence electrons. The average Bonchev–Trinajstić information content (AvgIpc) is 3.17. The number of benzene rings is 5. The van der Waals surface area contributed by atoms with Gasteiger partial charge in [-0.3, -0.25) is 0 Å². The maximum absolute atomic E-state index is 9.90. The Labute approximate surface area is 306 Å². The second-order valence-corrected chi connectivity index (χ2v) is 12.5. The van der Waals surface area contributed by atoms with Gasteiger partial charge in [0.15, 0.2) is 0 Å². The summed E-state index contributed by atoms with van der Waals surface area (Å²) in [4.78, 5) is 4.06. The van der Waals surface area contributed by atoms with E-state index in [0.717, 1.165) is 33.6 Å². The number of hydrogen-bond acceptors (Lipinski definition) is 6. The molecule has 6 nitrogen and oxygen atoms in total. The van der Waals surface area contributed by atoms with E-state index in [4.69, 9.17) is 0 Å². The molecule has 0 fully saturated rings. The lowest BCUT2D eigenvalue weighted by atomic mass is 9.97. The van der Waals surface area contributed by atoms with Gasteiger partial charge in [-0.25, -0.2) is 0 Å². The van der Waals surface area contributed by atoms with E-state index in [2.05, 4.69) is 24.3 Å². The Morgan fingerprint density at radius 3 is 0.750 bits per heavy atom. The Balaban J connectivity index is 1.30. The van der Waals surface area contributed by atoms with Gasteiger partial charge >= 0.3 is 0 Å². The highest BCUT2D eigenvalue weighted by Crippen LogP contribution is 2.24. The number of nitriles is 4. The van der Waals surface area contributed by atoms with Gasteiger partial charge < -0.3 is 9.80 Å². The zero-order valence-corrected chi connectivity index (χ0v) is 29.5. The van der Waals surface area contributed by atoms with Gasteiger partial charge in [-0.05, 0) is 93.0 Å². The summed E-state index contributed by atoms with van der Waals surface area (Å²) in [7, 11) is 7.96. The predicted octanol–water partition coefficient (Wildman–Crippen LogP) is 9.99. The highest BCUT2D eigenvalue weighted by atomic mass is 15.1. The topological polar surface area (TPSA) is 102 Å². The highest BCUT2D eigenvalue weighted by Gasteiger charge is 2.09. The van der Waals surface area contributed by atoms with Crippen LogP contribution in [0.25, 0.3) is 48.6 Å². The summed E-state index contributed by atoms with van der Waals surface area (Å²) in [6.45, 7) is 0. The number of rotatable bonds is 10. The number of nitrogens with zero attached hydrogens (tertiary/aromatic N) is 6. The first-order chi connectivity index (χ1) is 25.2. The molecule has 5 aromatic rings. The molecule has 0 heterocycles. The van der Waals surface area contributed by atoms with Crippen molar-refractivity contribution in [3.8, 4) is 24.3 Å². The lowest BCUT2D eigenvalue weighted by Gasteiger charge is -2.11. The third kappa shape index (κ3) is 8.99. The SMILES string of the molecule is CN(C)c1ccc(/C=C/c2cc(C#N)c(/C=C/c3ccc(/C=C/c4cc(C#N)c(/C=C/c5ccc(N(C)C)cc5)cc4C#N)cc3)cc2C#N)cc1. The third-order valence-corrected chi connectivity index (χ3v) is 8.50. The van der Waals surface area contributed by atoms with Crippen LogP contribution in [0.4, 0.5) is 11.4 Å². The van der Waals surface area contributed by atoms with Crippen molar-refractivity contribution in [2.45, 2.75) is 0 Å². The second kappa shape index (κ2) is 16.8. The van der Waals surface area contributed by atoms with Crippen LogP contribution in [0.3, 0.4) is 0 Å². The van der Waals surface area contributed by atoms with Crippen LogP contribution in [-0.4, -0.2) is 28.2 Å². The van der Waals surface area contributed by atoms with Crippen molar-refractivity contribution in [2.75, 3.05) is 38.0 Å². The van der Waals surface area contributed by atoms with E-state index in [0.29, 0.717) is 44.5 Å². The molecule has 6 heteroatoms. The third-order valence-electron chi connectivity index (χ3n) is 8.50. The van der Waals surface area contributed by atoms with E-state index in [9.17, 15) is 21.0 Å². The summed E-state index contributed by atoms with van der Waals surface area (Å²) in [6, 6.07) is 40.0. The standard InChI is InChI=1S/C46H36N6/c1-51(2)45-21-13-35(14-22-45)11-19-39-27-41(29-47)37(25-43(39)31-49)17-9-33-5-7-34(8-6-33)10-18-38-26-44(32-50)40(28-42(38)30-48)20-12-36-15-23-46(24-16-36)52(3)4/h5-28H,1-4H3/b17-9+,18-10+,19-11+,20-12+. The van der Waals surface area contributed by atoms with Crippen molar-refractivity contribution in [1.82, 2.24) is 0 Å². The van der Waals surface area contributed by atoms with E-state index in [1.165, 1.54) is 0 Å². The van der Waals surface area contributed by atoms with Gasteiger partial charge in [-0.2, -0.15) is 21.0 Å². The maximum atomic E-state index is 9.90. The quantitative estimate of drug-likeness (QED) is 0.137. The van der Waals surface area contributed by atoms with Crippen LogP contribution in [0.5, 0.6) is 0 Å². The Morgan fingerprint density at radius 1 is 0.346 bits per heavy atom. The van der Waals surface area contributed by atoms with Crippen molar-refractivity contribution in [2.24, 2.45) is 0 Å². The van der Waals surface area contributed by atoms with Crippen LogP contribution in [0.15, 0.2) is 97.1 Å². The molecule has 5 rings (SSSR count). The molecule has 0 aliphatic rings. The molecular formula is C46H36N6. The van der Waals surface area contributed by atoms with Gasteiger partial charge in [0, 0.05) is 39.6 Å². The van der Waals surface area contributed by atoms with Crippen LogP contribution in [0.1, 0.15) is 66.8 Å². The fourth-order valence-electron chi connectivity index (χ4n) is 5.43. The van der Waals surface area contributed by atoms with Gasteiger partial charge in [0.1, 0.15) is 0 Å². The molecule has 0 spiro atoms. The van der Waals surface area contributed by atoms with Gasteiger partial charge in [0.05, 0.1) is 46.5 Å². The van der Waals surface area contributed by atoms with Gasteiger partial charge in [0.2, 0.25) is 0 Å². The van der Waals surface area contributed by atoms with E-state index in [1.54, 1.807) is 24.3 Å². The summed E-state index contributed by atoms with van der Waals surface area (Å²) >= 11 is 0. The van der Waals surface area contributed by atoms with Crippen LogP contribution in [0, 0.1) is 45.3 Å². The highest BCUT2D eigenvalue weighted by molar-refractivity contribution is 5.81. The van der Waals surface area contributed by atoms with Crippen molar-refractivity contribution >= 4 is 60.0 Å². The van der Waals surface area contributed by atoms with Crippen LogP contribution in [0.2, 0.25) is 0 Å². The monoisotopic (exact) mass is 672 g/mol. The molecule has 0 saturated heterocycles. The lowest BCUT2D eigenvalue weighted by Crippen LogP contribution is -2.07. The van der Waals surface area contributed by atoms with Crippen LogP contribution >= 0.6 is 0 Å². The summed E-state index contributed by atoms with van der Waals surface area (Å²) in [5.74, 6) is 0. The van der Waals surface area contributed by atoms with Crippen LogP contribution < -0.4 is 9.80 Å². The first-order valence-electron chi connectivity index (χ1n) is 16.5. The average molecular weight is 673 g/mol. The molecule has 0 N–H and O–H groups in total. The normalized spacial score (nSPS) is 11.1. The van der Waals surface area contributed by atoms with Crippen LogP contribution in [-0.2, 0) is 0 Å². The second-order valence-electron chi connectivity index (χ2n) is 12.5. The van der Waals surface area contributed by atoms with Gasteiger partial charge in [0.25, 0.3) is 0 Å². The minimum absolute atomic E-state index is 0.475. The fourth-order valence-corrected chi connectivity index (χ4v) is 5.43. The van der Waals surface area contributed by atoms with Crippen molar-refractivity contribution in [3.63, 3.8) is 0 Å². The molecule has 5 aromatic carbocycles. The smallest absolute Gasteiger partial charge is 0.0998 e. The van der Waals surface area contributed by atoms with E-state index in [-0.39, 0.29) is 0 Å². The maximum Gasteiger partial charge on any atom is 0.0998 e. The molecule has 0 unspecified atom stereocenters. The molecule has 0 amide bonds. The van der Waals surface area contributed by atoms with E-state index < -0.39 is 0 Å². The zero-order valence-electron chi connectivity index (χ0n) is 29.5.